The normalized spacial score (nSPS) is 16.2. The molecule has 1 fully saturated rings. The number of hydrogen-bond acceptors (Lipinski definition) is 4. The predicted octanol–water partition coefficient (Wildman–Crippen LogP) is 0.208. The maximum absolute atomic E-state index is 5.34. The smallest absolute Gasteiger partial charge is 0.303 e. The van der Waals surface area contributed by atoms with Crippen molar-refractivity contribution in [1.82, 2.24) is 9.27 Å². The van der Waals surface area contributed by atoms with Gasteiger partial charge in [-0.3, -0.25) is 0 Å². The minimum atomic E-state index is 0.736. The summed E-state index contributed by atoms with van der Waals surface area (Å²) in [7, 11) is 0. The lowest BCUT2D eigenvalue weighted by Gasteiger charge is -2.27. The molecule has 0 unspecified atom stereocenters. The molecule has 16 heavy (non-hydrogen) atoms. The van der Waals surface area contributed by atoms with E-state index in [4.69, 9.17) is 17.0 Å². The van der Waals surface area contributed by atoms with Gasteiger partial charge in [0.1, 0.15) is 0 Å². The van der Waals surface area contributed by atoms with E-state index in [1.54, 1.807) is 0 Å². The number of nitrogens with zero attached hydrogens (tertiary/aromatic N) is 3. The van der Waals surface area contributed by atoms with E-state index in [1.165, 1.54) is 11.7 Å². The Morgan fingerprint density at radius 1 is 1.50 bits per heavy atom. The molecule has 0 amide bonds. The molecule has 1 N–H and O–H groups in total. The van der Waals surface area contributed by atoms with Gasteiger partial charge < -0.3 is 9.64 Å². The van der Waals surface area contributed by atoms with Gasteiger partial charge in [-0.2, -0.15) is 5.43 Å². The second-order valence-electron chi connectivity index (χ2n) is 3.65. The van der Waals surface area contributed by atoms with Crippen LogP contribution in [0.15, 0.2) is 0 Å². The summed E-state index contributed by atoms with van der Waals surface area (Å²) in [5.41, 5.74) is 5.30. The molecule has 0 bridgehead atoms. The summed E-state index contributed by atoms with van der Waals surface area (Å²) in [5, 5.41) is 0.736. The lowest BCUT2D eigenvalue weighted by atomic mass is 10.4. The molecule has 0 saturated carbocycles. The molecule has 2 rings (SSSR count). The van der Waals surface area contributed by atoms with Crippen LogP contribution < -0.4 is 9.49 Å². The molecule has 1 aliphatic rings. The molecule has 2 heterocycles. The molecular weight excluding hydrogens is 244 g/mol. The molecule has 0 aromatic carbocycles. The molecule has 1 aliphatic heterocycles. The number of rotatable bonds is 1. The zero-order valence-corrected chi connectivity index (χ0v) is 11.0. The first-order valence-electron chi connectivity index (χ1n) is 5.17. The van der Waals surface area contributed by atoms with Crippen LogP contribution in [0.1, 0.15) is 11.4 Å². The van der Waals surface area contributed by atoms with Crippen molar-refractivity contribution in [3.8, 4) is 0 Å². The van der Waals surface area contributed by atoms with E-state index in [9.17, 15) is 0 Å². The van der Waals surface area contributed by atoms with E-state index in [-0.39, 0.29) is 0 Å². The molecule has 0 aliphatic carbocycles. The van der Waals surface area contributed by atoms with Crippen LogP contribution in [0.3, 0.4) is 0 Å². The number of aromatic nitrogens is 2. The number of nitrogens with one attached hydrogen (secondary N) is 1. The Morgan fingerprint density at radius 2 is 2.19 bits per heavy atom. The SMILES string of the molecule is Cc1ns[n+](NC(=S)N2CCOCC2)c1C. The van der Waals surface area contributed by atoms with Crippen LogP contribution in [-0.4, -0.2) is 40.7 Å². The maximum Gasteiger partial charge on any atom is 0.303 e. The number of thiocarbonyl (C=S) groups is 1. The molecule has 5 nitrogen and oxygen atoms in total. The van der Waals surface area contributed by atoms with Crippen molar-refractivity contribution in [3.63, 3.8) is 0 Å². The highest BCUT2D eigenvalue weighted by molar-refractivity contribution is 7.80. The van der Waals surface area contributed by atoms with Crippen LogP contribution in [0.4, 0.5) is 0 Å². The molecule has 0 spiro atoms. The van der Waals surface area contributed by atoms with E-state index in [0.717, 1.165) is 42.8 Å². The van der Waals surface area contributed by atoms with E-state index >= 15 is 0 Å². The standard InChI is InChI=1S/C9H14N4OS2/c1-7-8(2)13(16-11-7)10-9(15)12-3-5-14-6-4-12/h3-6H2,1-2H3/p+1. The van der Waals surface area contributed by atoms with Crippen molar-refractivity contribution in [2.24, 2.45) is 0 Å². The van der Waals surface area contributed by atoms with Crippen molar-refractivity contribution < 1.29 is 8.80 Å². The Labute approximate surface area is 104 Å². The Kier molecular flexibility index (Phi) is 3.67. The van der Waals surface area contributed by atoms with Crippen molar-refractivity contribution in [3.05, 3.63) is 11.4 Å². The highest BCUT2D eigenvalue weighted by atomic mass is 32.1. The zero-order valence-electron chi connectivity index (χ0n) is 9.39. The van der Waals surface area contributed by atoms with Gasteiger partial charge in [-0.05, 0) is 12.2 Å². The van der Waals surface area contributed by atoms with Gasteiger partial charge in [0.2, 0.25) is 10.8 Å². The largest absolute Gasteiger partial charge is 0.378 e. The third kappa shape index (κ3) is 2.47. The Hall–Kier alpha value is -0.790. The molecule has 1 saturated heterocycles. The molecule has 7 heteroatoms. The molecule has 0 radical (unpaired) electrons. The highest BCUT2D eigenvalue weighted by Gasteiger charge is 2.19. The fraction of sp³-hybridized carbons (Fsp3) is 0.667. The van der Waals surface area contributed by atoms with Gasteiger partial charge in [-0.15, -0.1) is 0 Å². The fourth-order valence-corrected chi connectivity index (χ4v) is 2.45. The third-order valence-corrected chi connectivity index (χ3v) is 3.82. The summed E-state index contributed by atoms with van der Waals surface area (Å²) in [4.78, 5) is 2.11. The molecule has 1 aromatic rings. The summed E-state index contributed by atoms with van der Waals surface area (Å²) in [6.07, 6.45) is 0. The number of hydrogen-bond donors (Lipinski definition) is 1. The number of aryl methyl sites for hydroxylation is 1. The van der Waals surface area contributed by atoms with Crippen molar-refractivity contribution >= 4 is 29.1 Å². The van der Waals surface area contributed by atoms with Crippen LogP contribution in [0.2, 0.25) is 0 Å². The topological polar surface area (TPSA) is 41.3 Å². The monoisotopic (exact) mass is 259 g/mol. The molecular formula is C9H15N4OS2+. The average Bonchev–Trinajstić information content (AvgIpc) is 2.62. The van der Waals surface area contributed by atoms with E-state index < -0.39 is 0 Å². The highest BCUT2D eigenvalue weighted by Crippen LogP contribution is 2.00. The minimum Gasteiger partial charge on any atom is -0.378 e. The summed E-state index contributed by atoms with van der Waals surface area (Å²) < 4.78 is 11.4. The summed E-state index contributed by atoms with van der Waals surface area (Å²) in [6.45, 7) is 7.20. The molecule has 1 aromatic heterocycles. The number of ether oxygens (including phenoxy) is 1. The summed E-state index contributed by atoms with van der Waals surface area (Å²) in [5.74, 6) is 0. The van der Waals surface area contributed by atoms with Crippen LogP contribution >= 0.6 is 23.9 Å². The first kappa shape index (κ1) is 11.7. The quantitative estimate of drug-likeness (QED) is 0.577. The van der Waals surface area contributed by atoms with Gasteiger partial charge in [-0.25, -0.2) is 0 Å². The second-order valence-corrected chi connectivity index (χ2v) is 4.75. The van der Waals surface area contributed by atoms with Crippen LogP contribution in [0, 0.1) is 13.8 Å². The summed E-state index contributed by atoms with van der Waals surface area (Å²) >= 11 is 6.72. The van der Waals surface area contributed by atoms with Crippen LogP contribution in [0.5, 0.6) is 0 Å². The van der Waals surface area contributed by atoms with Crippen LogP contribution in [0.25, 0.3) is 0 Å². The van der Waals surface area contributed by atoms with E-state index in [2.05, 4.69) is 14.7 Å². The van der Waals surface area contributed by atoms with Crippen molar-refractivity contribution in [2.75, 3.05) is 31.7 Å². The van der Waals surface area contributed by atoms with E-state index in [0.29, 0.717) is 0 Å². The minimum absolute atomic E-state index is 0.736. The Bertz CT molecular complexity index is 387. The van der Waals surface area contributed by atoms with Crippen LogP contribution in [-0.2, 0) is 4.74 Å². The molecule has 0 atom stereocenters. The van der Waals surface area contributed by atoms with Gasteiger partial charge >= 0.3 is 11.7 Å². The average molecular weight is 259 g/mol. The fourth-order valence-electron chi connectivity index (χ4n) is 1.40. The van der Waals surface area contributed by atoms with Gasteiger partial charge in [0.25, 0.3) is 0 Å². The van der Waals surface area contributed by atoms with Gasteiger partial charge in [-0.1, -0.05) is 4.07 Å². The second kappa shape index (κ2) is 5.03. The first-order valence-corrected chi connectivity index (χ1v) is 6.31. The Morgan fingerprint density at radius 3 is 2.75 bits per heavy atom. The summed E-state index contributed by atoms with van der Waals surface area (Å²) in [6, 6.07) is 0. The lowest BCUT2D eigenvalue weighted by Crippen LogP contribution is -2.54. The van der Waals surface area contributed by atoms with Crippen molar-refractivity contribution in [2.45, 2.75) is 13.8 Å². The van der Waals surface area contributed by atoms with Crippen molar-refractivity contribution in [1.29, 1.82) is 0 Å². The zero-order chi connectivity index (χ0) is 11.5. The lowest BCUT2D eigenvalue weighted by molar-refractivity contribution is -0.575. The van der Waals surface area contributed by atoms with Gasteiger partial charge in [0.05, 0.1) is 13.2 Å². The number of morpholine rings is 1. The molecule has 88 valence electrons. The third-order valence-electron chi connectivity index (χ3n) is 2.58. The first-order chi connectivity index (χ1) is 7.68. The van der Waals surface area contributed by atoms with E-state index in [1.807, 2.05) is 17.9 Å². The Balaban J connectivity index is 1.98. The predicted molar refractivity (Wildman–Crippen MR) is 66.1 cm³/mol. The van der Waals surface area contributed by atoms with Gasteiger partial charge in [0.15, 0.2) is 5.69 Å². The van der Waals surface area contributed by atoms with Gasteiger partial charge in [0, 0.05) is 31.3 Å². The maximum atomic E-state index is 5.34.